The topological polar surface area (TPSA) is 55.8 Å². The number of hydrogen-bond donors (Lipinski definition) is 0. The lowest BCUT2D eigenvalue weighted by atomic mass is 10.0. The second-order valence-corrected chi connectivity index (χ2v) is 7.84. The zero-order chi connectivity index (χ0) is 21.5. The summed E-state index contributed by atoms with van der Waals surface area (Å²) in [5.74, 6) is -1.57. The van der Waals surface area contributed by atoms with Crippen molar-refractivity contribution in [3.8, 4) is 5.75 Å². The Labute approximate surface area is 177 Å². The lowest BCUT2D eigenvalue weighted by Crippen LogP contribution is -2.39. The molecule has 8 heteroatoms. The molecule has 0 spiro atoms. The van der Waals surface area contributed by atoms with Crippen LogP contribution in [0.5, 0.6) is 5.75 Å². The van der Waals surface area contributed by atoms with E-state index < -0.39 is 17.4 Å². The van der Waals surface area contributed by atoms with Gasteiger partial charge in [0.2, 0.25) is 0 Å². The minimum Gasteiger partial charge on any atom is -0.475 e. The second-order valence-electron chi connectivity index (χ2n) is 6.99. The van der Waals surface area contributed by atoms with Crippen LogP contribution in [0.3, 0.4) is 0 Å². The minimum atomic E-state index is -1.38. The zero-order valence-corrected chi connectivity index (χ0v) is 17.7. The van der Waals surface area contributed by atoms with Crippen LogP contribution < -0.4 is 9.64 Å². The van der Waals surface area contributed by atoms with Gasteiger partial charge in [0.15, 0.2) is 5.60 Å². The molecule has 1 heterocycles. The molecule has 0 saturated heterocycles. The highest BCUT2D eigenvalue weighted by molar-refractivity contribution is 6.37. The van der Waals surface area contributed by atoms with Gasteiger partial charge in [-0.15, -0.1) is 0 Å². The molecular weight excluding hydrogens is 420 g/mol. The summed E-state index contributed by atoms with van der Waals surface area (Å²) < 4.78 is 24.6. The molecule has 5 nitrogen and oxygen atoms in total. The summed E-state index contributed by atoms with van der Waals surface area (Å²) in [5.41, 5.74) is 0.639. The van der Waals surface area contributed by atoms with E-state index in [2.05, 4.69) is 0 Å². The number of amides is 1. The molecule has 0 unspecified atom stereocenters. The van der Waals surface area contributed by atoms with Crippen LogP contribution in [-0.2, 0) is 14.3 Å². The van der Waals surface area contributed by atoms with Crippen molar-refractivity contribution in [1.29, 1.82) is 0 Å². The molecular formula is C21H18Cl2FNO4. The third-order valence-corrected chi connectivity index (χ3v) is 5.07. The second kappa shape index (κ2) is 7.69. The maximum Gasteiger partial charge on any atom is 0.349 e. The normalized spacial score (nSPS) is 14.9. The van der Waals surface area contributed by atoms with Gasteiger partial charge in [0.05, 0.1) is 17.8 Å². The quantitative estimate of drug-likeness (QED) is 0.499. The molecule has 152 valence electrons. The van der Waals surface area contributed by atoms with Crippen LogP contribution in [0, 0.1) is 5.82 Å². The first kappa shape index (κ1) is 21.1. The third-order valence-electron chi connectivity index (χ3n) is 4.54. The van der Waals surface area contributed by atoms with Crippen LogP contribution >= 0.6 is 23.2 Å². The fourth-order valence-electron chi connectivity index (χ4n) is 3.02. The van der Waals surface area contributed by atoms with Gasteiger partial charge in [-0.05, 0) is 38.1 Å². The van der Waals surface area contributed by atoms with Crippen LogP contribution in [0.1, 0.15) is 25.0 Å². The van der Waals surface area contributed by atoms with E-state index in [1.165, 1.54) is 31.9 Å². The largest absolute Gasteiger partial charge is 0.475 e. The summed E-state index contributed by atoms with van der Waals surface area (Å²) in [6, 6.07) is 7.51. The third kappa shape index (κ3) is 3.95. The fraction of sp³-hybridized carbons (Fsp3) is 0.238. The number of esters is 1. The molecule has 2 aromatic carbocycles. The Balaban J connectivity index is 2.14. The first-order valence-electron chi connectivity index (χ1n) is 8.61. The molecule has 0 N–H and O–H groups in total. The Bertz CT molecular complexity index is 1050. The van der Waals surface area contributed by atoms with Gasteiger partial charge in [0.25, 0.3) is 5.91 Å². The predicted molar refractivity (Wildman–Crippen MR) is 111 cm³/mol. The van der Waals surface area contributed by atoms with E-state index in [0.717, 1.165) is 6.07 Å². The maximum atomic E-state index is 14.1. The van der Waals surface area contributed by atoms with Crippen LogP contribution in [0.15, 0.2) is 30.3 Å². The highest BCUT2D eigenvalue weighted by Crippen LogP contribution is 2.40. The molecule has 1 aliphatic heterocycles. The van der Waals surface area contributed by atoms with E-state index in [0.29, 0.717) is 27.4 Å². The van der Waals surface area contributed by atoms with Crippen LogP contribution in [0.4, 0.5) is 10.1 Å². The standard InChI is InChI=1S/C21H18Cl2FNO4/c1-21(2,20(27)28-4)29-18-10-16(24)15(23)8-11(18)7-14-13-6-5-12(22)9-17(13)25(3)19(14)26/h5-10H,1-4H3/b14-7+. The molecule has 0 radical (unpaired) electrons. The molecule has 1 aliphatic rings. The van der Waals surface area contributed by atoms with Gasteiger partial charge < -0.3 is 14.4 Å². The summed E-state index contributed by atoms with van der Waals surface area (Å²) in [5, 5.41) is 0.355. The number of carbonyl (C=O) groups is 2. The van der Waals surface area contributed by atoms with Gasteiger partial charge >= 0.3 is 5.97 Å². The van der Waals surface area contributed by atoms with E-state index in [9.17, 15) is 14.0 Å². The number of hydrogen-bond acceptors (Lipinski definition) is 4. The molecule has 29 heavy (non-hydrogen) atoms. The van der Waals surface area contributed by atoms with E-state index >= 15 is 0 Å². The van der Waals surface area contributed by atoms with Crippen molar-refractivity contribution in [2.75, 3.05) is 19.1 Å². The number of anilines is 1. The summed E-state index contributed by atoms with van der Waals surface area (Å²) in [7, 11) is 2.86. The van der Waals surface area contributed by atoms with Crippen LogP contribution in [0.2, 0.25) is 10.0 Å². The predicted octanol–water partition coefficient (Wildman–Crippen LogP) is 4.98. The summed E-state index contributed by atoms with van der Waals surface area (Å²) in [6.45, 7) is 2.99. The molecule has 0 aliphatic carbocycles. The number of fused-ring (bicyclic) bond motifs is 1. The summed E-state index contributed by atoms with van der Waals surface area (Å²) >= 11 is 12.0. The SMILES string of the molecule is COC(=O)C(C)(C)Oc1cc(F)c(Cl)cc1/C=C1/C(=O)N(C)c2cc(Cl)ccc21. The number of ether oxygens (including phenoxy) is 2. The maximum absolute atomic E-state index is 14.1. The summed E-state index contributed by atoms with van der Waals surface area (Å²) in [4.78, 5) is 26.2. The Morgan fingerprint density at radius 1 is 1.21 bits per heavy atom. The fourth-order valence-corrected chi connectivity index (χ4v) is 3.36. The Morgan fingerprint density at radius 3 is 2.55 bits per heavy atom. The van der Waals surface area contributed by atoms with Gasteiger partial charge in [-0.25, -0.2) is 9.18 Å². The van der Waals surface area contributed by atoms with E-state index in [-0.39, 0.29) is 16.7 Å². The Hall–Kier alpha value is -2.57. The molecule has 0 aromatic heterocycles. The van der Waals surface area contributed by atoms with Gasteiger partial charge in [-0.1, -0.05) is 29.3 Å². The summed E-state index contributed by atoms with van der Waals surface area (Å²) in [6.07, 6.45) is 1.55. The van der Waals surface area contributed by atoms with Gasteiger partial charge in [0, 0.05) is 34.8 Å². The van der Waals surface area contributed by atoms with Gasteiger partial charge in [0.1, 0.15) is 11.6 Å². The van der Waals surface area contributed by atoms with E-state index in [4.69, 9.17) is 32.7 Å². The molecule has 0 saturated carbocycles. The zero-order valence-electron chi connectivity index (χ0n) is 16.2. The van der Waals surface area contributed by atoms with E-state index in [1.54, 1.807) is 31.3 Å². The molecule has 1 amide bonds. The van der Waals surface area contributed by atoms with Crippen molar-refractivity contribution < 1.29 is 23.5 Å². The molecule has 0 fully saturated rings. The molecule has 0 atom stereocenters. The van der Waals surface area contributed by atoms with Gasteiger partial charge in [-0.3, -0.25) is 4.79 Å². The average molecular weight is 438 g/mol. The minimum absolute atomic E-state index is 0.0488. The monoisotopic (exact) mass is 437 g/mol. The number of benzene rings is 2. The highest BCUT2D eigenvalue weighted by atomic mass is 35.5. The van der Waals surface area contributed by atoms with Crippen molar-refractivity contribution in [2.24, 2.45) is 0 Å². The molecule has 0 bridgehead atoms. The highest BCUT2D eigenvalue weighted by Gasteiger charge is 2.33. The number of nitrogens with zero attached hydrogens (tertiary/aromatic N) is 1. The van der Waals surface area contributed by atoms with Crippen molar-refractivity contribution in [1.82, 2.24) is 0 Å². The smallest absolute Gasteiger partial charge is 0.349 e. The van der Waals surface area contributed by atoms with Crippen LogP contribution in [-0.4, -0.2) is 31.6 Å². The lowest BCUT2D eigenvalue weighted by Gasteiger charge is -2.24. The number of carbonyl (C=O) groups excluding carboxylic acids is 2. The first-order chi connectivity index (χ1) is 13.5. The van der Waals surface area contributed by atoms with Crippen molar-refractivity contribution in [3.05, 3.63) is 57.3 Å². The Morgan fingerprint density at radius 2 is 1.90 bits per heavy atom. The van der Waals surface area contributed by atoms with Gasteiger partial charge in [-0.2, -0.15) is 0 Å². The average Bonchev–Trinajstić information content (AvgIpc) is 2.89. The van der Waals surface area contributed by atoms with Crippen molar-refractivity contribution >= 4 is 52.4 Å². The lowest BCUT2D eigenvalue weighted by molar-refractivity contribution is -0.156. The number of rotatable bonds is 4. The molecule has 2 aromatic rings. The number of halogens is 3. The van der Waals surface area contributed by atoms with Crippen molar-refractivity contribution in [2.45, 2.75) is 19.4 Å². The molecule has 3 rings (SSSR count). The number of methoxy groups -OCH3 is 1. The van der Waals surface area contributed by atoms with Crippen LogP contribution in [0.25, 0.3) is 11.6 Å². The number of likely N-dealkylation sites (N-methyl/N-ethyl adjacent to an activating group) is 1. The van der Waals surface area contributed by atoms with E-state index in [1.807, 2.05) is 0 Å². The Kier molecular flexibility index (Phi) is 5.61. The van der Waals surface area contributed by atoms with Crippen molar-refractivity contribution in [3.63, 3.8) is 0 Å². The first-order valence-corrected chi connectivity index (χ1v) is 9.37.